The predicted octanol–water partition coefficient (Wildman–Crippen LogP) is 4.36. The van der Waals surface area contributed by atoms with Crippen molar-refractivity contribution in [3.8, 4) is 17.1 Å². The summed E-state index contributed by atoms with van der Waals surface area (Å²) in [4.78, 5) is 12.3. The standard InChI is InChI=1S/C18H20N4O3S/c1-10(2)17-20-21-18(26-17)19-16(23)14-9-15(25-22-14)12-5-7-13(8-6-12)24-11(3)4/h5-11H,1-4H3,(H,19,21,23). The summed E-state index contributed by atoms with van der Waals surface area (Å²) in [6.45, 7) is 7.98. The highest BCUT2D eigenvalue weighted by Gasteiger charge is 2.16. The highest BCUT2D eigenvalue weighted by Crippen LogP contribution is 2.25. The number of amides is 1. The van der Waals surface area contributed by atoms with Crippen LogP contribution >= 0.6 is 11.3 Å². The minimum absolute atomic E-state index is 0.109. The molecule has 1 N–H and O–H groups in total. The summed E-state index contributed by atoms with van der Waals surface area (Å²) in [6, 6.07) is 9.02. The molecule has 0 spiro atoms. The first-order valence-corrected chi connectivity index (χ1v) is 9.12. The zero-order valence-electron chi connectivity index (χ0n) is 15.0. The van der Waals surface area contributed by atoms with Crippen LogP contribution < -0.4 is 10.1 Å². The van der Waals surface area contributed by atoms with E-state index in [1.165, 1.54) is 11.3 Å². The van der Waals surface area contributed by atoms with Crippen LogP contribution in [0.5, 0.6) is 5.75 Å². The largest absolute Gasteiger partial charge is 0.491 e. The minimum Gasteiger partial charge on any atom is -0.491 e. The Balaban J connectivity index is 1.69. The Morgan fingerprint density at radius 1 is 1.15 bits per heavy atom. The van der Waals surface area contributed by atoms with Crippen molar-refractivity contribution < 1.29 is 14.1 Å². The van der Waals surface area contributed by atoms with Crippen LogP contribution in [0.2, 0.25) is 0 Å². The summed E-state index contributed by atoms with van der Waals surface area (Å²) in [5, 5.41) is 15.8. The average Bonchev–Trinajstić information content (AvgIpc) is 3.24. The topological polar surface area (TPSA) is 90.1 Å². The van der Waals surface area contributed by atoms with Gasteiger partial charge in [-0.3, -0.25) is 10.1 Å². The van der Waals surface area contributed by atoms with E-state index in [2.05, 4.69) is 20.7 Å². The molecular weight excluding hydrogens is 352 g/mol. The highest BCUT2D eigenvalue weighted by molar-refractivity contribution is 7.15. The van der Waals surface area contributed by atoms with Crippen molar-refractivity contribution >= 4 is 22.4 Å². The molecule has 0 aliphatic carbocycles. The molecule has 3 rings (SSSR count). The minimum atomic E-state index is -0.383. The third-order valence-corrected chi connectivity index (χ3v) is 4.55. The van der Waals surface area contributed by atoms with Gasteiger partial charge in [0, 0.05) is 17.5 Å². The van der Waals surface area contributed by atoms with Gasteiger partial charge in [-0.1, -0.05) is 30.3 Å². The van der Waals surface area contributed by atoms with Crippen molar-refractivity contribution in [1.82, 2.24) is 15.4 Å². The predicted molar refractivity (Wildman–Crippen MR) is 99.7 cm³/mol. The SMILES string of the molecule is CC(C)Oc1ccc(-c2cc(C(=O)Nc3nnc(C(C)C)s3)no2)cc1. The molecular formula is C18H20N4O3S. The highest BCUT2D eigenvalue weighted by atomic mass is 32.1. The zero-order valence-corrected chi connectivity index (χ0v) is 15.8. The lowest BCUT2D eigenvalue weighted by atomic mass is 10.1. The lowest BCUT2D eigenvalue weighted by Crippen LogP contribution is -2.11. The van der Waals surface area contributed by atoms with Gasteiger partial charge in [0.1, 0.15) is 10.8 Å². The smallest absolute Gasteiger partial charge is 0.279 e. The van der Waals surface area contributed by atoms with Gasteiger partial charge in [-0.2, -0.15) is 0 Å². The van der Waals surface area contributed by atoms with E-state index in [0.29, 0.717) is 10.9 Å². The molecule has 0 unspecified atom stereocenters. The Morgan fingerprint density at radius 3 is 2.50 bits per heavy atom. The van der Waals surface area contributed by atoms with Gasteiger partial charge in [-0.05, 0) is 38.1 Å². The van der Waals surface area contributed by atoms with Crippen LogP contribution in [0.1, 0.15) is 49.1 Å². The Kier molecular flexibility index (Phi) is 5.32. The van der Waals surface area contributed by atoms with Crippen LogP contribution in [0.3, 0.4) is 0 Å². The van der Waals surface area contributed by atoms with Crippen molar-refractivity contribution in [2.24, 2.45) is 0 Å². The molecule has 2 aromatic heterocycles. The molecule has 8 heteroatoms. The fourth-order valence-corrected chi connectivity index (χ4v) is 2.91. The molecule has 0 fully saturated rings. The van der Waals surface area contributed by atoms with Crippen molar-refractivity contribution in [2.45, 2.75) is 39.7 Å². The third-order valence-electron chi connectivity index (χ3n) is 3.41. The van der Waals surface area contributed by atoms with E-state index in [1.807, 2.05) is 52.0 Å². The molecule has 136 valence electrons. The van der Waals surface area contributed by atoms with E-state index in [9.17, 15) is 4.79 Å². The van der Waals surface area contributed by atoms with Gasteiger partial charge in [-0.15, -0.1) is 10.2 Å². The molecule has 0 saturated heterocycles. The van der Waals surface area contributed by atoms with Gasteiger partial charge < -0.3 is 9.26 Å². The first kappa shape index (κ1) is 18.1. The van der Waals surface area contributed by atoms with Gasteiger partial charge >= 0.3 is 0 Å². The molecule has 7 nitrogen and oxygen atoms in total. The molecule has 0 bridgehead atoms. The summed E-state index contributed by atoms with van der Waals surface area (Å²) in [7, 11) is 0. The lowest BCUT2D eigenvalue weighted by molar-refractivity contribution is 0.101. The maximum atomic E-state index is 12.3. The summed E-state index contributed by atoms with van der Waals surface area (Å²) in [6.07, 6.45) is 0.109. The maximum Gasteiger partial charge on any atom is 0.279 e. The van der Waals surface area contributed by atoms with Gasteiger partial charge in [-0.25, -0.2) is 0 Å². The number of ether oxygens (including phenoxy) is 1. The maximum absolute atomic E-state index is 12.3. The van der Waals surface area contributed by atoms with Crippen molar-refractivity contribution in [3.63, 3.8) is 0 Å². The molecule has 1 aromatic carbocycles. The van der Waals surface area contributed by atoms with Crippen LogP contribution in [0.15, 0.2) is 34.9 Å². The Bertz CT molecular complexity index is 884. The first-order valence-electron chi connectivity index (χ1n) is 8.31. The number of carbonyl (C=O) groups is 1. The summed E-state index contributed by atoms with van der Waals surface area (Å²) >= 11 is 1.35. The summed E-state index contributed by atoms with van der Waals surface area (Å²) in [5.41, 5.74) is 0.995. The van der Waals surface area contributed by atoms with E-state index in [4.69, 9.17) is 9.26 Å². The van der Waals surface area contributed by atoms with Gasteiger partial charge in [0.2, 0.25) is 5.13 Å². The second kappa shape index (κ2) is 7.65. The number of aromatic nitrogens is 3. The number of anilines is 1. The molecule has 0 saturated carbocycles. The Morgan fingerprint density at radius 2 is 1.88 bits per heavy atom. The van der Waals surface area contributed by atoms with Crippen LogP contribution in [0.4, 0.5) is 5.13 Å². The molecule has 1 amide bonds. The second-order valence-electron chi connectivity index (χ2n) is 6.32. The summed E-state index contributed by atoms with van der Waals surface area (Å²) in [5.74, 6) is 1.16. The molecule has 3 aromatic rings. The van der Waals surface area contributed by atoms with Crippen LogP contribution in [-0.2, 0) is 0 Å². The summed E-state index contributed by atoms with van der Waals surface area (Å²) < 4.78 is 10.9. The number of hydrogen-bond donors (Lipinski definition) is 1. The fraction of sp³-hybridized carbons (Fsp3) is 0.333. The van der Waals surface area contributed by atoms with Crippen LogP contribution in [0.25, 0.3) is 11.3 Å². The van der Waals surface area contributed by atoms with Gasteiger partial charge in [0.25, 0.3) is 5.91 Å². The van der Waals surface area contributed by atoms with Gasteiger partial charge in [0.15, 0.2) is 11.5 Å². The average molecular weight is 372 g/mol. The van der Waals surface area contributed by atoms with Gasteiger partial charge in [0.05, 0.1) is 6.10 Å². The van der Waals surface area contributed by atoms with Crippen molar-refractivity contribution in [1.29, 1.82) is 0 Å². The number of nitrogens with one attached hydrogen (secondary N) is 1. The third kappa shape index (κ3) is 4.26. The second-order valence-corrected chi connectivity index (χ2v) is 7.33. The van der Waals surface area contributed by atoms with E-state index in [-0.39, 0.29) is 23.6 Å². The molecule has 0 aliphatic heterocycles. The normalized spacial score (nSPS) is 11.2. The number of hydrogen-bond acceptors (Lipinski definition) is 7. The first-order chi connectivity index (χ1) is 12.4. The van der Waals surface area contributed by atoms with E-state index >= 15 is 0 Å². The molecule has 0 radical (unpaired) electrons. The molecule has 0 atom stereocenters. The number of nitrogens with zero attached hydrogens (tertiary/aromatic N) is 3. The lowest BCUT2D eigenvalue weighted by Gasteiger charge is -2.09. The van der Waals surface area contributed by atoms with E-state index in [1.54, 1.807) is 6.07 Å². The van der Waals surface area contributed by atoms with E-state index < -0.39 is 0 Å². The molecule has 2 heterocycles. The Hall–Kier alpha value is -2.74. The number of benzene rings is 1. The van der Waals surface area contributed by atoms with Crippen molar-refractivity contribution in [3.05, 3.63) is 41.0 Å². The van der Waals surface area contributed by atoms with E-state index in [0.717, 1.165) is 16.3 Å². The fourth-order valence-electron chi connectivity index (χ4n) is 2.17. The number of rotatable bonds is 6. The quantitative estimate of drug-likeness (QED) is 0.691. The molecule has 0 aliphatic rings. The Labute approximate surface area is 155 Å². The van der Waals surface area contributed by atoms with Crippen LogP contribution in [0, 0.1) is 0 Å². The zero-order chi connectivity index (χ0) is 18.7. The van der Waals surface area contributed by atoms with Crippen LogP contribution in [-0.4, -0.2) is 27.4 Å². The number of carbonyl (C=O) groups excluding carboxylic acids is 1. The molecule has 26 heavy (non-hydrogen) atoms. The monoisotopic (exact) mass is 372 g/mol. The van der Waals surface area contributed by atoms with Crippen molar-refractivity contribution in [2.75, 3.05) is 5.32 Å².